The molecule has 0 fully saturated rings. The second kappa shape index (κ2) is 5.92. The summed E-state index contributed by atoms with van der Waals surface area (Å²) >= 11 is 5.53. The van der Waals surface area contributed by atoms with Crippen LogP contribution in [-0.4, -0.2) is 52.0 Å². The van der Waals surface area contributed by atoms with Crippen LogP contribution in [0.25, 0.3) is 11.0 Å². The molecule has 0 N–H and O–H groups in total. The molecule has 0 radical (unpaired) electrons. The average molecular weight is 309 g/mol. The van der Waals surface area contributed by atoms with Crippen LogP contribution in [0.3, 0.4) is 0 Å². The Bertz CT molecular complexity index is 732. The molecular formula is C13H19N5O2S. The molecule has 2 aromatic rings. The molecule has 1 aromatic heterocycles. The van der Waals surface area contributed by atoms with Crippen molar-refractivity contribution in [3.05, 3.63) is 33.1 Å². The molecule has 1 heterocycles. The van der Waals surface area contributed by atoms with Crippen molar-refractivity contribution < 1.29 is 4.92 Å². The fraction of sp³-hybridized carbons (Fsp3) is 0.462. The highest BCUT2D eigenvalue weighted by Gasteiger charge is 2.20. The molecule has 0 saturated heterocycles. The van der Waals surface area contributed by atoms with Gasteiger partial charge < -0.3 is 4.57 Å². The quantitative estimate of drug-likeness (QED) is 0.481. The summed E-state index contributed by atoms with van der Waals surface area (Å²) in [6, 6.07) is 5.08. The van der Waals surface area contributed by atoms with Crippen molar-refractivity contribution in [2.75, 3.05) is 28.2 Å². The number of non-ortho nitro benzene ring substituents is 1. The van der Waals surface area contributed by atoms with E-state index < -0.39 is 0 Å². The number of imidazole rings is 1. The van der Waals surface area contributed by atoms with Gasteiger partial charge in [-0.2, -0.15) is 0 Å². The lowest BCUT2D eigenvalue weighted by molar-refractivity contribution is -0.383. The van der Waals surface area contributed by atoms with E-state index in [1.54, 1.807) is 6.07 Å². The molecule has 0 saturated carbocycles. The molecule has 0 aliphatic rings. The van der Waals surface area contributed by atoms with Gasteiger partial charge in [0.2, 0.25) is 0 Å². The molecule has 0 spiro atoms. The van der Waals surface area contributed by atoms with Crippen molar-refractivity contribution in [3.8, 4) is 0 Å². The number of hydrogen-bond acceptors (Lipinski definition) is 5. The zero-order valence-electron chi connectivity index (χ0n) is 12.6. The van der Waals surface area contributed by atoms with E-state index in [4.69, 9.17) is 12.2 Å². The molecule has 0 bridgehead atoms. The first-order valence-corrected chi connectivity index (χ1v) is 6.89. The van der Waals surface area contributed by atoms with Crippen LogP contribution in [0.5, 0.6) is 0 Å². The molecule has 21 heavy (non-hydrogen) atoms. The highest BCUT2D eigenvalue weighted by atomic mass is 32.1. The first-order chi connectivity index (χ1) is 9.82. The van der Waals surface area contributed by atoms with Gasteiger partial charge in [-0.1, -0.05) is 6.07 Å². The van der Waals surface area contributed by atoms with Crippen molar-refractivity contribution in [2.45, 2.75) is 13.3 Å². The molecule has 0 unspecified atom stereocenters. The number of nitro benzene ring substituents is 1. The number of nitrogens with zero attached hydrogens (tertiary/aromatic N) is 5. The molecule has 0 aliphatic carbocycles. The average Bonchev–Trinajstić information content (AvgIpc) is 2.63. The van der Waals surface area contributed by atoms with Crippen LogP contribution in [0.2, 0.25) is 0 Å². The molecule has 2 rings (SSSR count). The summed E-state index contributed by atoms with van der Waals surface area (Å²) in [6.07, 6.45) is 0. The van der Waals surface area contributed by atoms with Crippen LogP contribution in [-0.2, 0) is 13.3 Å². The fourth-order valence-electron chi connectivity index (χ4n) is 2.34. The number of para-hydroxylation sites is 1. The summed E-state index contributed by atoms with van der Waals surface area (Å²) in [6.45, 7) is 1.08. The summed E-state index contributed by atoms with van der Waals surface area (Å²) in [5, 5.41) is 11.3. The van der Waals surface area contributed by atoms with Gasteiger partial charge in [0.25, 0.3) is 5.69 Å². The molecule has 0 aliphatic heterocycles. The van der Waals surface area contributed by atoms with E-state index in [0.29, 0.717) is 23.6 Å². The number of benzene rings is 1. The zero-order chi connectivity index (χ0) is 15.7. The normalized spacial score (nSPS) is 11.7. The van der Waals surface area contributed by atoms with Gasteiger partial charge in [-0.15, -0.1) is 0 Å². The van der Waals surface area contributed by atoms with Gasteiger partial charge in [0, 0.05) is 6.07 Å². The van der Waals surface area contributed by atoms with Gasteiger partial charge in [-0.3, -0.25) is 24.5 Å². The van der Waals surface area contributed by atoms with Gasteiger partial charge in [0.1, 0.15) is 5.52 Å². The van der Waals surface area contributed by atoms with Crippen molar-refractivity contribution >= 4 is 28.9 Å². The summed E-state index contributed by atoms with van der Waals surface area (Å²) in [7, 11) is 7.69. The van der Waals surface area contributed by atoms with Crippen LogP contribution in [0.4, 0.5) is 5.69 Å². The Labute approximate surface area is 128 Å². The second-order valence-electron chi connectivity index (χ2n) is 5.48. The summed E-state index contributed by atoms with van der Waals surface area (Å²) in [4.78, 5) is 14.9. The van der Waals surface area contributed by atoms with Gasteiger partial charge >= 0.3 is 0 Å². The smallest absolute Gasteiger partial charge is 0.295 e. The Hall–Kier alpha value is -1.77. The third-order valence-electron chi connectivity index (χ3n) is 3.06. The fourth-order valence-corrected chi connectivity index (χ4v) is 2.64. The lowest BCUT2D eigenvalue weighted by atomic mass is 10.2. The zero-order valence-corrected chi connectivity index (χ0v) is 13.4. The topological polar surface area (TPSA) is 59.5 Å². The molecule has 0 amide bonds. The molecule has 0 atom stereocenters. The number of fused-ring (bicyclic) bond motifs is 1. The van der Waals surface area contributed by atoms with E-state index in [9.17, 15) is 10.1 Å². The van der Waals surface area contributed by atoms with Crippen LogP contribution >= 0.6 is 12.2 Å². The Kier molecular flexibility index (Phi) is 4.40. The molecule has 7 nitrogen and oxygen atoms in total. The standard InChI is InChI=1S/C13H19N5O2S/c1-14(2)8-16-10-6-5-7-11(18(19)20)12(10)17(13(16)21)9-15(3)4/h5-7H,8-9H2,1-4H3. The highest BCUT2D eigenvalue weighted by Crippen LogP contribution is 2.28. The summed E-state index contributed by atoms with van der Waals surface area (Å²) in [5.41, 5.74) is 1.44. The van der Waals surface area contributed by atoms with Gasteiger partial charge in [-0.05, 0) is 46.5 Å². The lowest BCUT2D eigenvalue weighted by Gasteiger charge is -2.12. The van der Waals surface area contributed by atoms with E-state index in [0.717, 1.165) is 5.52 Å². The van der Waals surface area contributed by atoms with E-state index in [-0.39, 0.29) is 10.6 Å². The maximum absolute atomic E-state index is 11.3. The van der Waals surface area contributed by atoms with Crippen molar-refractivity contribution in [1.29, 1.82) is 0 Å². The number of hydrogen-bond donors (Lipinski definition) is 0. The second-order valence-corrected chi connectivity index (χ2v) is 5.85. The van der Waals surface area contributed by atoms with Crippen LogP contribution in [0.1, 0.15) is 0 Å². The van der Waals surface area contributed by atoms with Gasteiger partial charge in [0.15, 0.2) is 4.77 Å². The van der Waals surface area contributed by atoms with E-state index in [1.165, 1.54) is 6.07 Å². The predicted molar refractivity (Wildman–Crippen MR) is 84.8 cm³/mol. The summed E-state index contributed by atoms with van der Waals surface area (Å²) in [5.74, 6) is 0. The third kappa shape index (κ3) is 2.97. The Balaban J connectivity index is 2.82. The summed E-state index contributed by atoms with van der Waals surface area (Å²) < 4.78 is 4.31. The maximum atomic E-state index is 11.3. The van der Waals surface area contributed by atoms with Crippen molar-refractivity contribution in [1.82, 2.24) is 18.9 Å². The highest BCUT2D eigenvalue weighted by molar-refractivity contribution is 7.71. The van der Waals surface area contributed by atoms with E-state index >= 15 is 0 Å². The minimum Gasteiger partial charge on any atom is -0.303 e. The maximum Gasteiger partial charge on any atom is 0.295 e. The van der Waals surface area contributed by atoms with Gasteiger partial charge in [-0.25, -0.2) is 0 Å². The Morgan fingerprint density at radius 3 is 2.24 bits per heavy atom. The molecular weight excluding hydrogens is 290 g/mol. The van der Waals surface area contributed by atoms with Crippen LogP contribution in [0, 0.1) is 14.9 Å². The van der Waals surface area contributed by atoms with Crippen molar-refractivity contribution in [3.63, 3.8) is 0 Å². The predicted octanol–water partition coefficient (Wildman–Crippen LogP) is 2.12. The largest absolute Gasteiger partial charge is 0.303 e. The van der Waals surface area contributed by atoms with E-state index in [1.807, 2.05) is 53.2 Å². The first-order valence-electron chi connectivity index (χ1n) is 6.49. The molecule has 8 heteroatoms. The Morgan fingerprint density at radius 2 is 1.71 bits per heavy atom. The molecule has 1 aromatic carbocycles. The third-order valence-corrected chi connectivity index (χ3v) is 3.50. The minimum absolute atomic E-state index is 0.0814. The van der Waals surface area contributed by atoms with Crippen LogP contribution < -0.4 is 0 Å². The SMILES string of the molecule is CN(C)Cn1c(=S)n(CN(C)C)c2c([N+](=O)[O-])cccc21. The molecule has 114 valence electrons. The van der Waals surface area contributed by atoms with Crippen LogP contribution in [0.15, 0.2) is 18.2 Å². The Morgan fingerprint density at radius 1 is 1.14 bits per heavy atom. The first kappa shape index (κ1) is 15.6. The lowest BCUT2D eigenvalue weighted by Crippen LogP contribution is -2.19. The van der Waals surface area contributed by atoms with E-state index in [2.05, 4.69) is 0 Å². The van der Waals surface area contributed by atoms with Crippen molar-refractivity contribution in [2.24, 2.45) is 0 Å². The number of nitro groups is 1. The number of rotatable bonds is 5. The minimum atomic E-state index is -0.358. The van der Waals surface area contributed by atoms with Gasteiger partial charge in [0.05, 0.1) is 23.8 Å². The monoisotopic (exact) mass is 309 g/mol. The number of aromatic nitrogens is 2.